The molecule has 2 nitrogen and oxygen atoms in total. The number of aryl methyl sites for hydroxylation is 1. The zero-order valence-corrected chi connectivity index (χ0v) is 11.1. The Morgan fingerprint density at radius 2 is 2.35 bits per heavy atom. The molecule has 2 rings (SSSR count). The molecule has 0 aromatic carbocycles. The minimum absolute atomic E-state index is 0.398. The summed E-state index contributed by atoms with van der Waals surface area (Å²) in [5, 5.41) is 2.15. The molecule has 1 atom stereocenters. The smallest absolute Gasteiger partial charge is 0.0419 e. The fourth-order valence-corrected chi connectivity index (χ4v) is 3.24. The number of thiophene rings is 1. The summed E-state index contributed by atoms with van der Waals surface area (Å²) in [7, 11) is 0. The zero-order valence-electron chi connectivity index (χ0n) is 10.3. The summed E-state index contributed by atoms with van der Waals surface area (Å²) in [6.07, 6.45) is 11.1. The van der Waals surface area contributed by atoms with E-state index in [2.05, 4.69) is 29.0 Å². The Hall–Kier alpha value is -0.640. The average molecular weight is 250 g/mol. The van der Waals surface area contributed by atoms with Crippen LogP contribution >= 0.6 is 11.3 Å². The second-order valence-electron chi connectivity index (χ2n) is 4.72. The van der Waals surface area contributed by atoms with E-state index in [0.717, 1.165) is 6.42 Å². The van der Waals surface area contributed by atoms with E-state index in [1.54, 1.807) is 0 Å². The predicted molar refractivity (Wildman–Crippen MR) is 74.9 cm³/mol. The van der Waals surface area contributed by atoms with Crippen LogP contribution in [-0.2, 0) is 6.42 Å². The zero-order chi connectivity index (χ0) is 11.9. The normalized spacial score (nSPS) is 17.8. The molecule has 0 saturated carbocycles. The van der Waals surface area contributed by atoms with Crippen LogP contribution in [0.4, 0.5) is 0 Å². The lowest BCUT2D eigenvalue weighted by atomic mass is 9.91. The second kappa shape index (κ2) is 6.94. The molecule has 1 heterocycles. The molecule has 0 radical (unpaired) electrons. The molecule has 94 valence electrons. The molecule has 0 amide bonds. The van der Waals surface area contributed by atoms with Gasteiger partial charge in [-0.2, -0.15) is 0 Å². The maximum Gasteiger partial charge on any atom is 0.0419 e. The van der Waals surface area contributed by atoms with Crippen molar-refractivity contribution >= 4 is 11.3 Å². The molecule has 1 aliphatic rings. The number of hydrogen-bond acceptors (Lipinski definition) is 3. The van der Waals surface area contributed by atoms with Crippen LogP contribution in [0.1, 0.15) is 43.4 Å². The third-order valence-corrected chi connectivity index (χ3v) is 4.41. The van der Waals surface area contributed by atoms with E-state index >= 15 is 0 Å². The van der Waals surface area contributed by atoms with Crippen LogP contribution in [0.2, 0.25) is 0 Å². The van der Waals surface area contributed by atoms with Crippen molar-refractivity contribution in [3.05, 3.63) is 34.0 Å². The standard InChI is InChI=1S/C14H22N2S/c15-16-14(12-6-2-1-3-7-12)10-4-8-13-9-5-11-17-13/h5-6,9,11,14,16H,1-4,7-8,10,15H2. The van der Waals surface area contributed by atoms with Gasteiger partial charge < -0.3 is 0 Å². The quantitative estimate of drug-likeness (QED) is 0.461. The van der Waals surface area contributed by atoms with Crippen LogP contribution in [0, 0.1) is 0 Å². The van der Waals surface area contributed by atoms with Crippen molar-refractivity contribution in [2.75, 3.05) is 0 Å². The van der Waals surface area contributed by atoms with Crippen molar-refractivity contribution in [1.82, 2.24) is 5.43 Å². The van der Waals surface area contributed by atoms with E-state index in [9.17, 15) is 0 Å². The first kappa shape index (κ1) is 12.8. The highest BCUT2D eigenvalue weighted by atomic mass is 32.1. The van der Waals surface area contributed by atoms with Gasteiger partial charge in [0, 0.05) is 10.9 Å². The van der Waals surface area contributed by atoms with Gasteiger partial charge in [-0.1, -0.05) is 17.7 Å². The molecule has 3 N–H and O–H groups in total. The van der Waals surface area contributed by atoms with Gasteiger partial charge in [-0.05, 0) is 56.4 Å². The van der Waals surface area contributed by atoms with Crippen LogP contribution in [0.3, 0.4) is 0 Å². The molecule has 0 bridgehead atoms. The molecular formula is C14H22N2S. The Kier molecular flexibility index (Phi) is 5.23. The van der Waals surface area contributed by atoms with E-state index in [1.165, 1.54) is 49.0 Å². The van der Waals surface area contributed by atoms with Gasteiger partial charge in [-0.15, -0.1) is 11.3 Å². The van der Waals surface area contributed by atoms with Crippen LogP contribution in [0.5, 0.6) is 0 Å². The van der Waals surface area contributed by atoms with E-state index in [-0.39, 0.29) is 0 Å². The van der Waals surface area contributed by atoms with Gasteiger partial charge in [0.05, 0.1) is 0 Å². The molecule has 1 aromatic heterocycles. The summed E-state index contributed by atoms with van der Waals surface area (Å²) in [6.45, 7) is 0. The highest BCUT2D eigenvalue weighted by Gasteiger charge is 2.14. The Morgan fingerprint density at radius 1 is 1.41 bits per heavy atom. The van der Waals surface area contributed by atoms with Crippen molar-refractivity contribution in [2.45, 2.75) is 51.0 Å². The van der Waals surface area contributed by atoms with E-state index in [4.69, 9.17) is 5.84 Å². The Balaban J connectivity index is 1.77. The van der Waals surface area contributed by atoms with Gasteiger partial charge >= 0.3 is 0 Å². The fourth-order valence-electron chi connectivity index (χ4n) is 2.49. The molecular weight excluding hydrogens is 228 g/mol. The SMILES string of the molecule is NNC(CCCc1cccs1)C1=CCCCC1. The largest absolute Gasteiger partial charge is 0.271 e. The summed E-state index contributed by atoms with van der Waals surface area (Å²) in [6, 6.07) is 4.74. The Bertz CT molecular complexity index is 343. The average Bonchev–Trinajstić information content (AvgIpc) is 2.89. The first-order valence-electron chi connectivity index (χ1n) is 6.57. The van der Waals surface area contributed by atoms with Gasteiger partial charge in [0.15, 0.2) is 0 Å². The topological polar surface area (TPSA) is 38.0 Å². The Morgan fingerprint density at radius 3 is 3.00 bits per heavy atom. The van der Waals surface area contributed by atoms with Crippen molar-refractivity contribution in [2.24, 2.45) is 5.84 Å². The van der Waals surface area contributed by atoms with E-state index in [0.29, 0.717) is 6.04 Å². The summed E-state index contributed by atoms with van der Waals surface area (Å²) < 4.78 is 0. The lowest BCUT2D eigenvalue weighted by Gasteiger charge is -2.22. The van der Waals surface area contributed by atoms with Crippen molar-refractivity contribution in [3.63, 3.8) is 0 Å². The summed E-state index contributed by atoms with van der Waals surface area (Å²) in [5.74, 6) is 5.67. The van der Waals surface area contributed by atoms with Gasteiger partial charge in [0.25, 0.3) is 0 Å². The van der Waals surface area contributed by atoms with Gasteiger partial charge in [0.2, 0.25) is 0 Å². The third-order valence-electron chi connectivity index (χ3n) is 3.47. The fraction of sp³-hybridized carbons (Fsp3) is 0.571. The van der Waals surface area contributed by atoms with Crippen molar-refractivity contribution < 1.29 is 0 Å². The predicted octanol–water partition coefficient (Wildman–Crippen LogP) is 3.40. The molecule has 17 heavy (non-hydrogen) atoms. The highest BCUT2D eigenvalue weighted by molar-refractivity contribution is 7.09. The number of rotatable bonds is 6. The summed E-state index contributed by atoms with van der Waals surface area (Å²) >= 11 is 1.85. The number of hydrogen-bond donors (Lipinski definition) is 2. The first-order chi connectivity index (χ1) is 8.40. The lowest BCUT2D eigenvalue weighted by molar-refractivity contribution is 0.502. The molecule has 0 spiro atoms. The first-order valence-corrected chi connectivity index (χ1v) is 7.45. The van der Waals surface area contributed by atoms with Crippen LogP contribution in [-0.4, -0.2) is 6.04 Å². The van der Waals surface area contributed by atoms with Crippen LogP contribution in [0.15, 0.2) is 29.2 Å². The molecule has 0 saturated heterocycles. The molecule has 0 fully saturated rings. The van der Waals surface area contributed by atoms with Gasteiger partial charge in [-0.3, -0.25) is 11.3 Å². The van der Waals surface area contributed by atoms with Crippen LogP contribution in [0.25, 0.3) is 0 Å². The summed E-state index contributed by atoms with van der Waals surface area (Å²) in [5.41, 5.74) is 4.52. The van der Waals surface area contributed by atoms with E-state index in [1.807, 2.05) is 11.3 Å². The third kappa shape index (κ3) is 3.95. The number of hydrazine groups is 1. The van der Waals surface area contributed by atoms with Gasteiger partial charge in [0.1, 0.15) is 0 Å². The number of nitrogens with one attached hydrogen (secondary N) is 1. The van der Waals surface area contributed by atoms with Gasteiger partial charge in [-0.25, -0.2) is 0 Å². The number of allylic oxidation sites excluding steroid dienone is 1. The maximum absolute atomic E-state index is 5.67. The molecule has 3 heteroatoms. The van der Waals surface area contributed by atoms with Crippen LogP contribution < -0.4 is 11.3 Å². The second-order valence-corrected chi connectivity index (χ2v) is 5.75. The molecule has 1 aliphatic carbocycles. The molecule has 1 unspecified atom stereocenters. The minimum atomic E-state index is 0.398. The molecule has 1 aromatic rings. The lowest BCUT2D eigenvalue weighted by Crippen LogP contribution is -2.37. The Labute approximate surface area is 108 Å². The highest BCUT2D eigenvalue weighted by Crippen LogP contribution is 2.23. The van der Waals surface area contributed by atoms with Crippen molar-refractivity contribution in [1.29, 1.82) is 0 Å². The monoisotopic (exact) mass is 250 g/mol. The van der Waals surface area contributed by atoms with Crippen molar-refractivity contribution in [3.8, 4) is 0 Å². The van der Waals surface area contributed by atoms with E-state index < -0.39 is 0 Å². The molecule has 0 aliphatic heterocycles. The minimum Gasteiger partial charge on any atom is -0.271 e. The number of nitrogens with two attached hydrogens (primary N) is 1. The maximum atomic E-state index is 5.67. The summed E-state index contributed by atoms with van der Waals surface area (Å²) in [4.78, 5) is 1.48.